The zero-order valence-electron chi connectivity index (χ0n) is 19.8. The molecule has 8 nitrogen and oxygen atoms in total. The molecule has 0 saturated carbocycles. The number of hydrogen-bond donors (Lipinski definition) is 2. The summed E-state index contributed by atoms with van der Waals surface area (Å²) in [5.41, 5.74) is 3.70. The van der Waals surface area contributed by atoms with E-state index >= 15 is 0 Å². The van der Waals surface area contributed by atoms with Gasteiger partial charge in [0.05, 0.1) is 7.11 Å². The molecule has 4 atom stereocenters. The second kappa shape index (κ2) is 11.4. The number of carbonyl (C=O) groups excluding carboxylic acids is 2. The molecule has 0 aliphatic carbocycles. The Morgan fingerprint density at radius 2 is 2.11 bits per heavy atom. The lowest BCUT2D eigenvalue weighted by atomic mass is 9.93. The third kappa shape index (κ3) is 6.04. The molecule has 0 amide bonds. The van der Waals surface area contributed by atoms with E-state index in [4.69, 9.17) is 9.15 Å². The normalized spacial score (nSPS) is 19.4. The summed E-state index contributed by atoms with van der Waals surface area (Å²) in [7, 11) is 1.33. The summed E-state index contributed by atoms with van der Waals surface area (Å²) in [6.45, 7) is 2.29. The Hall–Kier alpha value is -3.30. The molecule has 35 heavy (non-hydrogen) atoms. The molecular formula is C26H30FN3O5. The summed E-state index contributed by atoms with van der Waals surface area (Å²) >= 11 is 0. The molecule has 2 N–H and O–H groups in total. The van der Waals surface area contributed by atoms with Gasteiger partial charge in [0.2, 0.25) is 0 Å². The number of oxazole rings is 1. The first kappa shape index (κ1) is 24.8. The van der Waals surface area contributed by atoms with E-state index < -0.39 is 24.4 Å². The van der Waals surface area contributed by atoms with E-state index in [9.17, 15) is 14.0 Å². The number of methoxy groups -OCH3 is 1. The highest BCUT2D eigenvalue weighted by Crippen LogP contribution is 2.29. The van der Waals surface area contributed by atoms with Crippen LogP contribution in [0.3, 0.4) is 0 Å². The van der Waals surface area contributed by atoms with Crippen molar-refractivity contribution in [2.75, 3.05) is 25.6 Å². The number of carbonyl (C=O) groups is 2. The second-order valence-corrected chi connectivity index (χ2v) is 8.69. The van der Waals surface area contributed by atoms with Crippen molar-refractivity contribution in [3.63, 3.8) is 0 Å². The first-order valence-electron chi connectivity index (χ1n) is 11.7. The number of Topliss-reactive ketones (excluding diaryl/α,β-unsaturated/α-hetero) is 1. The van der Waals surface area contributed by atoms with Gasteiger partial charge in [-0.05, 0) is 49.1 Å². The number of para-hydroxylation sites is 1. The molecule has 2 heterocycles. The first-order chi connectivity index (χ1) is 17.0. The highest BCUT2D eigenvalue weighted by molar-refractivity contribution is 5.93. The molecule has 3 aromatic rings. The van der Waals surface area contributed by atoms with Crippen LogP contribution in [0, 0.1) is 6.92 Å². The molecule has 9 heteroatoms. The fourth-order valence-corrected chi connectivity index (χ4v) is 4.30. The number of alkyl halides is 1. The van der Waals surface area contributed by atoms with Crippen molar-refractivity contribution < 1.29 is 27.9 Å². The Kier molecular flexibility index (Phi) is 8.09. The van der Waals surface area contributed by atoms with Crippen LogP contribution < -0.4 is 10.6 Å². The lowest BCUT2D eigenvalue weighted by molar-refractivity contribution is -0.141. The number of benzene rings is 2. The number of nitrogens with zero attached hydrogens (tertiary/aromatic N) is 1. The predicted octanol–water partition coefficient (Wildman–Crippen LogP) is 3.90. The molecule has 0 radical (unpaired) electrons. The van der Waals surface area contributed by atoms with Gasteiger partial charge in [-0.3, -0.25) is 9.59 Å². The zero-order chi connectivity index (χ0) is 24.8. The molecule has 1 aromatic heterocycles. The summed E-state index contributed by atoms with van der Waals surface area (Å²) in [4.78, 5) is 29.6. The van der Waals surface area contributed by atoms with Gasteiger partial charge in [0.15, 0.2) is 17.8 Å². The molecule has 0 bridgehead atoms. The number of anilines is 1. The van der Waals surface area contributed by atoms with Gasteiger partial charge in [0.1, 0.15) is 23.8 Å². The number of aromatic nitrogens is 1. The number of halogens is 1. The van der Waals surface area contributed by atoms with E-state index in [1.54, 1.807) is 12.1 Å². The minimum atomic E-state index is -1.05. The average molecular weight is 484 g/mol. The van der Waals surface area contributed by atoms with Gasteiger partial charge in [0.25, 0.3) is 0 Å². The molecule has 1 aliphatic rings. The Bertz CT molecular complexity index is 1170. The minimum Gasteiger partial charge on any atom is -0.469 e. The Labute approximate surface area is 203 Å². The Balaban J connectivity index is 1.63. The predicted molar refractivity (Wildman–Crippen MR) is 129 cm³/mol. The molecular weight excluding hydrogens is 453 g/mol. The number of ketones is 1. The van der Waals surface area contributed by atoms with Crippen molar-refractivity contribution in [3.8, 4) is 0 Å². The summed E-state index contributed by atoms with van der Waals surface area (Å²) in [6.07, 6.45) is 0.127. The fraction of sp³-hybridized carbons (Fsp3) is 0.423. The molecule has 186 valence electrons. The maximum Gasteiger partial charge on any atom is 0.305 e. The molecule has 1 aliphatic heterocycles. The third-order valence-electron chi connectivity index (χ3n) is 6.23. The number of ether oxygens (including phenoxy) is 2. The SMILES string of the molecule is COC(=O)CCCOC(C(=O)C(Nc1ccccc1C)c1ccc2ncoc2c1)[C@@H]1C[C@H](F)CN1. The maximum atomic E-state index is 14.1. The van der Waals surface area contributed by atoms with E-state index in [2.05, 4.69) is 20.4 Å². The van der Waals surface area contributed by atoms with E-state index in [0.717, 1.165) is 11.3 Å². The van der Waals surface area contributed by atoms with Gasteiger partial charge < -0.3 is 24.5 Å². The molecule has 1 saturated heterocycles. The van der Waals surface area contributed by atoms with E-state index in [-0.39, 0.29) is 37.7 Å². The summed E-state index contributed by atoms with van der Waals surface area (Å²) in [6, 6.07) is 11.8. The number of nitrogens with one attached hydrogen (secondary N) is 2. The monoisotopic (exact) mass is 483 g/mol. The van der Waals surface area contributed by atoms with E-state index in [1.807, 2.05) is 37.3 Å². The van der Waals surface area contributed by atoms with Crippen molar-refractivity contribution in [2.24, 2.45) is 0 Å². The molecule has 1 fully saturated rings. The smallest absolute Gasteiger partial charge is 0.305 e. The first-order valence-corrected chi connectivity index (χ1v) is 11.7. The average Bonchev–Trinajstić information content (AvgIpc) is 3.51. The van der Waals surface area contributed by atoms with Crippen LogP contribution in [0.5, 0.6) is 0 Å². The van der Waals surface area contributed by atoms with Crippen LogP contribution in [0.15, 0.2) is 53.3 Å². The quantitative estimate of drug-likeness (QED) is 0.313. The van der Waals surface area contributed by atoms with Crippen molar-refractivity contribution in [2.45, 2.75) is 50.5 Å². The topological polar surface area (TPSA) is 103 Å². The summed E-state index contributed by atoms with van der Waals surface area (Å²) < 4.78 is 30.2. The van der Waals surface area contributed by atoms with Gasteiger partial charge in [0, 0.05) is 31.3 Å². The van der Waals surface area contributed by atoms with Crippen LogP contribution in [-0.2, 0) is 19.1 Å². The van der Waals surface area contributed by atoms with Crippen LogP contribution in [0.25, 0.3) is 11.1 Å². The lowest BCUT2D eigenvalue weighted by Gasteiger charge is -2.29. The fourth-order valence-electron chi connectivity index (χ4n) is 4.30. The van der Waals surface area contributed by atoms with Crippen LogP contribution in [0.1, 0.15) is 36.4 Å². The van der Waals surface area contributed by atoms with Gasteiger partial charge >= 0.3 is 5.97 Å². The minimum absolute atomic E-state index is 0.166. The largest absolute Gasteiger partial charge is 0.469 e. The molecule has 2 aromatic carbocycles. The number of fused-ring (bicyclic) bond motifs is 1. The van der Waals surface area contributed by atoms with Crippen molar-refractivity contribution in [1.29, 1.82) is 0 Å². The van der Waals surface area contributed by atoms with Crippen LogP contribution in [0.4, 0.5) is 10.1 Å². The number of rotatable bonds is 11. The van der Waals surface area contributed by atoms with E-state index in [0.29, 0.717) is 23.1 Å². The van der Waals surface area contributed by atoms with Crippen molar-refractivity contribution >= 4 is 28.5 Å². The van der Waals surface area contributed by atoms with Gasteiger partial charge in [-0.25, -0.2) is 9.37 Å². The molecule has 0 spiro atoms. The van der Waals surface area contributed by atoms with Crippen molar-refractivity contribution in [3.05, 3.63) is 60.0 Å². The number of aryl methyl sites for hydroxylation is 1. The third-order valence-corrected chi connectivity index (χ3v) is 6.23. The molecule has 4 rings (SSSR count). The van der Waals surface area contributed by atoms with Gasteiger partial charge in [-0.2, -0.15) is 0 Å². The van der Waals surface area contributed by atoms with Crippen LogP contribution in [0.2, 0.25) is 0 Å². The number of hydrogen-bond acceptors (Lipinski definition) is 8. The van der Waals surface area contributed by atoms with Crippen LogP contribution in [-0.4, -0.2) is 55.3 Å². The standard InChI is InChI=1S/C26H30FN3O5/c1-16-6-3-4-7-19(16)30-24(17-9-10-20-22(12-17)35-15-29-20)25(32)26(21-13-18(27)14-28-21)34-11-5-8-23(31)33-2/h3-4,6-7,9-10,12,15,18,21,24,26,28,30H,5,8,11,13-14H2,1-2H3/t18-,21-,24?,26?/m0/s1. The van der Waals surface area contributed by atoms with Gasteiger partial charge in [-0.1, -0.05) is 24.3 Å². The van der Waals surface area contributed by atoms with Crippen molar-refractivity contribution in [1.82, 2.24) is 10.3 Å². The Morgan fingerprint density at radius 1 is 1.29 bits per heavy atom. The highest BCUT2D eigenvalue weighted by Gasteiger charge is 2.39. The summed E-state index contributed by atoms with van der Waals surface area (Å²) in [5, 5.41) is 6.45. The number of esters is 1. The summed E-state index contributed by atoms with van der Waals surface area (Å²) in [5.74, 6) is -0.587. The highest BCUT2D eigenvalue weighted by atomic mass is 19.1. The second-order valence-electron chi connectivity index (χ2n) is 8.69. The van der Waals surface area contributed by atoms with Gasteiger partial charge in [-0.15, -0.1) is 0 Å². The maximum absolute atomic E-state index is 14.1. The lowest BCUT2D eigenvalue weighted by Crippen LogP contribution is -2.46. The zero-order valence-corrected chi connectivity index (χ0v) is 19.8. The molecule has 2 unspecified atom stereocenters. The van der Waals surface area contributed by atoms with Crippen LogP contribution >= 0.6 is 0 Å². The van der Waals surface area contributed by atoms with E-state index in [1.165, 1.54) is 13.5 Å². The Morgan fingerprint density at radius 3 is 2.86 bits per heavy atom.